The Morgan fingerprint density at radius 1 is 1.15 bits per heavy atom. The maximum Gasteiger partial charge on any atom is 0.293 e. The van der Waals surface area contributed by atoms with Crippen LogP contribution in [0.15, 0.2) is 53.4 Å². The SMILES string of the molecule is CC(C)COc1ccc(/C=C2\SC(=O)N(Cc3cccc(Cl)c3)C2=O)cc1. The number of imide groups is 1. The van der Waals surface area contributed by atoms with Gasteiger partial charge in [0.15, 0.2) is 0 Å². The Kier molecular flexibility index (Phi) is 6.24. The van der Waals surface area contributed by atoms with Gasteiger partial charge in [-0.2, -0.15) is 0 Å². The first kappa shape index (κ1) is 19.5. The molecule has 0 aromatic heterocycles. The number of carbonyl (C=O) groups is 2. The van der Waals surface area contributed by atoms with Crippen LogP contribution in [-0.4, -0.2) is 22.7 Å². The lowest BCUT2D eigenvalue weighted by molar-refractivity contribution is -0.123. The van der Waals surface area contributed by atoms with E-state index in [0.717, 1.165) is 28.6 Å². The molecular weight excluding hydrogens is 382 g/mol. The molecule has 0 unspecified atom stereocenters. The normalized spacial score (nSPS) is 15.9. The van der Waals surface area contributed by atoms with Crippen LogP contribution >= 0.6 is 23.4 Å². The van der Waals surface area contributed by atoms with Gasteiger partial charge in [0.25, 0.3) is 11.1 Å². The zero-order valence-electron chi connectivity index (χ0n) is 15.1. The molecule has 1 aliphatic rings. The lowest BCUT2D eigenvalue weighted by Gasteiger charge is -2.12. The summed E-state index contributed by atoms with van der Waals surface area (Å²) in [6.07, 6.45) is 1.73. The summed E-state index contributed by atoms with van der Waals surface area (Å²) in [6, 6.07) is 14.6. The van der Waals surface area contributed by atoms with E-state index in [0.29, 0.717) is 22.5 Å². The molecule has 140 valence electrons. The summed E-state index contributed by atoms with van der Waals surface area (Å²) < 4.78 is 5.66. The molecular formula is C21H20ClNO3S. The molecule has 0 aliphatic carbocycles. The Morgan fingerprint density at radius 3 is 2.56 bits per heavy atom. The minimum absolute atomic E-state index is 0.213. The summed E-state index contributed by atoms with van der Waals surface area (Å²) in [5, 5.41) is 0.304. The quantitative estimate of drug-likeness (QED) is 0.590. The Labute approximate surface area is 168 Å². The molecule has 0 spiro atoms. The number of benzene rings is 2. The van der Waals surface area contributed by atoms with Gasteiger partial charge in [0, 0.05) is 5.02 Å². The monoisotopic (exact) mass is 401 g/mol. The maximum atomic E-state index is 12.6. The number of thioether (sulfide) groups is 1. The van der Waals surface area contributed by atoms with Crippen LogP contribution in [0.4, 0.5) is 4.79 Å². The highest BCUT2D eigenvalue weighted by molar-refractivity contribution is 8.18. The number of carbonyl (C=O) groups excluding carboxylic acids is 2. The van der Waals surface area contributed by atoms with Crippen LogP contribution in [0.1, 0.15) is 25.0 Å². The molecule has 6 heteroatoms. The summed E-state index contributed by atoms with van der Waals surface area (Å²) >= 11 is 6.93. The summed E-state index contributed by atoms with van der Waals surface area (Å²) in [4.78, 5) is 26.5. The predicted octanol–water partition coefficient (Wildman–Crippen LogP) is 5.61. The molecule has 27 heavy (non-hydrogen) atoms. The molecule has 0 radical (unpaired) electrons. The standard InChI is InChI=1S/C21H20ClNO3S/c1-14(2)13-26-18-8-6-15(7-9-18)11-19-20(24)23(21(25)27-19)12-16-4-3-5-17(22)10-16/h3-11,14H,12-13H2,1-2H3/b19-11-. The zero-order valence-corrected chi connectivity index (χ0v) is 16.7. The van der Waals surface area contributed by atoms with Crippen LogP contribution in [0.25, 0.3) is 6.08 Å². The Bertz CT molecular complexity index is 877. The van der Waals surface area contributed by atoms with Crippen molar-refractivity contribution in [2.75, 3.05) is 6.61 Å². The molecule has 1 heterocycles. The van der Waals surface area contributed by atoms with E-state index in [1.165, 1.54) is 4.90 Å². The molecule has 0 saturated carbocycles. The van der Waals surface area contributed by atoms with Crippen molar-refractivity contribution in [2.24, 2.45) is 5.92 Å². The maximum absolute atomic E-state index is 12.6. The topological polar surface area (TPSA) is 46.6 Å². The number of nitrogens with zero attached hydrogens (tertiary/aromatic N) is 1. The Balaban J connectivity index is 1.70. The molecule has 0 atom stereocenters. The van der Waals surface area contributed by atoms with Gasteiger partial charge in [0.05, 0.1) is 18.1 Å². The zero-order chi connectivity index (χ0) is 19.4. The van der Waals surface area contributed by atoms with Crippen molar-refractivity contribution in [3.05, 3.63) is 69.6 Å². The Hall–Kier alpha value is -2.24. The van der Waals surface area contributed by atoms with Crippen molar-refractivity contribution >= 4 is 40.6 Å². The molecule has 2 amide bonds. The summed E-state index contributed by atoms with van der Waals surface area (Å²) in [6.45, 7) is 5.05. The number of amides is 2. The highest BCUT2D eigenvalue weighted by atomic mass is 35.5. The van der Waals surface area contributed by atoms with Crippen LogP contribution in [0.3, 0.4) is 0 Å². The summed E-state index contributed by atoms with van der Waals surface area (Å²) in [5.74, 6) is 0.954. The van der Waals surface area contributed by atoms with Crippen molar-refractivity contribution in [2.45, 2.75) is 20.4 Å². The van der Waals surface area contributed by atoms with Crippen LogP contribution in [-0.2, 0) is 11.3 Å². The second-order valence-corrected chi connectivity index (χ2v) is 8.10. The smallest absolute Gasteiger partial charge is 0.293 e. The van der Waals surface area contributed by atoms with E-state index < -0.39 is 0 Å². The first-order valence-electron chi connectivity index (χ1n) is 8.65. The van der Waals surface area contributed by atoms with E-state index >= 15 is 0 Å². The molecule has 0 N–H and O–H groups in total. The summed E-state index contributed by atoms with van der Waals surface area (Å²) in [5.41, 5.74) is 1.66. The molecule has 1 aliphatic heterocycles. The first-order chi connectivity index (χ1) is 12.9. The average Bonchev–Trinajstić information content (AvgIpc) is 2.89. The van der Waals surface area contributed by atoms with E-state index in [1.807, 2.05) is 30.3 Å². The van der Waals surface area contributed by atoms with Crippen molar-refractivity contribution in [1.29, 1.82) is 0 Å². The van der Waals surface area contributed by atoms with Gasteiger partial charge in [-0.3, -0.25) is 14.5 Å². The lowest BCUT2D eigenvalue weighted by Crippen LogP contribution is -2.27. The van der Waals surface area contributed by atoms with Gasteiger partial charge in [-0.1, -0.05) is 49.7 Å². The second-order valence-electron chi connectivity index (χ2n) is 6.67. The predicted molar refractivity (Wildman–Crippen MR) is 110 cm³/mol. The number of hydrogen-bond donors (Lipinski definition) is 0. The average molecular weight is 402 g/mol. The van der Waals surface area contributed by atoms with Gasteiger partial charge >= 0.3 is 0 Å². The fourth-order valence-corrected chi connectivity index (χ4v) is 3.58. The van der Waals surface area contributed by atoms with E-state index in [9.17, 15) is 9.59 Å². The number of rotatable bonds is 6. The largest absolute Gasteiger partial charge is 0.493 e. The third-order valence-electron chi connectivity index (χ3n) is 3.86. The van der Waals surface area contributed by atoms with Gasteiger partial charge in [-0.05, 0) is 59.1 Å². The third kappa shape index (κ3) is 5.15. The number of halogens is 1. The second kappa shape index (κ2) is 8.63. The molecule has 4 nitrogen and oxygen atoms in total. The Morgan fingerprint density at radius 2 is 1.89 bits per heavy atom. The number of ether oxygens (including phenoxy) is 1. The van der Waals surface area contributed by atoms with Crippen molar-refractivity contribution in [1.82, 2.24) is 4.90 Å². The van der Waals surface area contributed by atoms with E-state index in [4.69, 9.17) is 16.3 Å². The molecule has 0 bridgehead atoms. The molecule has 1 fully saturated rings. The van der Waals surface area contributed by atoms with Gasteiger partial charge in [0.1, 0.15) is 5.75 Å². The van der Waals surface area contributed by atoms with E-state index in [-0.39, 0.29) is 17.7 Å². The minimum atomic E-state index is -0.287. The lowest BCUT2D eigenvalue weighted by atomic mass is 10.2. The van der Waals surface area contributed by atoms with Gasteiger partial charge in [-0.25, -0.2) is 0 Å². The molecule has 2 aromatic rings. The highest BCUT2D eigenvalue weighted by Crippen LogP contribution is 2.33. The molecule has 2 aromatic carbocycles. The molecule has 3 rings (SSSR count). The van der Waals surface area contributed by atoms with Crippen molar-refractivity contribution in [3.8, 4) is 5.75 Å². The fraction of sp³-hybridized carbons (Fsp3) is 0.238. The van der Waals surface area contributed by atoms with Gasteiger partial charge in [-0.15, -0.1) is 0 Å². The van der Waals surface area contributed by atoms with Crippen molar-refractivity contribution < 1.29 is 14.3 Å². The summed E-state index contributed by atoms with van der Waals surface area (Å²) in [7, 11) is 0. The van der Waals surface area contributed by atoms with E-state index in [1.54, 1.807) is 24.3 Å². The van der Waals surface area contributed by atoms with Crippen LogP contribution in [0.5, 0.6) is 5.75 Å². The minimum Gasteiger partial charge on any atom is -0.493 e. The van der Waals surface area contributed by atoms with Gasteiger partial charge in [0.2, 0.25) is 0 Å². The van der Waals surface area contributed by atoms with Gasteiger partial charge < -0.3 is 4.74 Å². The third-order valence-corrected chi connectivity index (χ3v) is 5.01. The van der Waals surface area contributed by atoms with E-state index in [2.05, 4.69) is 13.8 Å². The van der Waals surface area contributed by atoms with Crippen molar-refractivity contribution in [3.63, 3.8) is 0 Å². The highest BCUT2D eigenvalue weighted by Gasteiger charge is 2.34. The fourth-order valence-electron chi connectivity index (χ4n) is 2.53. The molecule has 1 saturated heterocycles. The van der Waals surface area contributed by atoms with Crippen LogP contribution in [0.2, 0.25) is 5.02 Å². The van der Waals surface area contributed by atoms with Crippen LogP contribution < -0.4 is 4.74 Å². The first-order valence-corrected chi connectivity index (χ1v) is 9.84. The van der Waals surface area contributed by atoms with Crippen LogP contribution in [0, 0.1) is 5.92 Å². The number of hydrogen-bond acceptors (Lipinski definition) is 4.